The van der Waals surface area contributed by atoms with Crippen LogP contribution in [0.25, 0.3) is 0 Å². The van der Waals surface area contributed by atoms with E-state index in [2.05, 4.69) is 45.6 Å². The molecule has 0 aromatic carbocycles. The molecule has 0 spiro atoms. The average Bonchev–Trinajstić information content (AvgIpc) is 3.20. The van der Waals surface area contributed by atoms with Crippen molar-refractivity contribution in [2.24, 2.45) is 5.92 Å². The van der Waals surface area contributed by atoms with Gasteiger partial charge in [0.1, 0.15) is 0 Å². The first kappa shape index (κ1) is 14.0. The molecule has 2 fully saturated rings. The van der Waals surface area contributed by atoms with Crippen molar-refractivity contribution < 1.29 is 0 Å². The number of fused-ring (bicyclic) bond motifs is 2. The summed E-state index contributed by atoms with van der Waals surface area (Å²) in [7, 11) is 2.34. The van der Waals surface area contributed by atoms with Crippen molar-refractivity contribution in [3.8, 4) is 0 Å². The third-order valence-corrected chi connectivity index (χ3v) is 7.06. The Labute approximate surface area is 135 Å². The molecule has 2 aromatic rings. The molecule has 2 aliphatic heterocycles. The molecule has 2 aromatic heterocycles. The molecule has 21 heavy (non-hydrogen) atoms. The summed E-state index contributed by atoms with van der Waals surface area (Å²) in [5.41, 5.74) is 3.06. The predicted octanol–water partition coefficient (Wildman–Crippen LogP) is 5.20. The van der Waals surface area contributed by atoms with Gasteiger partial charge in [-0.05, 0) is 89.8 Å². The quantitative estimate of drug-likeness (QED) is 0.748. The fraction of sp³-hybridized carbons (Fsp3) is 0.556. The summed E-state index contributed by atoms with van der Waals surface area (Å²) in [5.74, 6) is 1.53. The summed E-state index contributed by atoms with van der Waals surface area (Å²) in [4.78, 5) is 2.65. The first-order chi connectivity index (χ1) is 10.3. The molecule has 0 radical (unpaired) electrons. The minimum Gasteiger partial charge on any atom is -0.300 e. The molecule has 4 heterocycles. The zero-order chi connectivity index (χ0) is 14.2. The summed E-state index contributed by atoms with van der Waals surface area (Å²) in [6.45, 7) is 0. The van der Waals surface area contributed by atoms with Gasteiger partial charge in [0.25, 0.3) is 0 Å². The summed E-state index contributed by atoms with van der Waals surface area (Å²) in [6.07, 6.45) is 7.03. The molecular weight excluding hydrogens is 294 g/mol. The Balaban J connectivity index is 1.53. The van der Waals surface area contributed by atoms with Crippen molar-refractivity contribution in [3.05, 3.63) is 44.8 Å². The Bertz CT molecular complexity index is 512. The fourth-order valence-corrected chi connectivity index (χ4v) is 5.89. The van der Waals surface area contributed by atoms with E-state index in [0.717, 1.165) is 18.0 Å². The van der Waals surface area contributed by atoms with E-state index in [-0.39, 0.29) is 0 Å². The molecular formula is C18H23NS2. The van der Waals surface area contributed by atoms with Crippen molar-refractivity contribution in [1.82, 2.24) is 4.90 Å². The van der Waals surface area contributed by atoms with Gasteiger partial charge in [-0.1, -0.05) is 0 Å². The van der Waals surface area contributed by atoms with E-state index in [9.17, 15) is 0 Å². The van der Waals surface area contributed by atoms with Crippen molar-refractivity contribution in [2.45, 2.75) is 50.1 Å². The zero-order valence-electron chi connectivity index (χ0n) is 12.6. The maximum Gasteiger partial charge on any atom is 0.0108 e. The van der Waals surface area contributed by atoms with E-state index in [1.807, 2.05) is 22.7 Å². The van der Waals surface area contributed by atoms with Crippen LogP contribution in [-0.2, 0) is 0 Å². The minimum atomic E-state index is 0.621. The van der Waals surface area contributed by atoms with Gasteiger partial charge in [-0.25, -0.2) is 0 Å². The Morgan fingerprint density at radius 2 is 1.62 bits per heavy atom. The first-order valence-electron chi connectivity index (χ1n) is 8.07. The van der Waals surface area contributed by atoms with Gasteiger partial charge in [0.2, 0.25) is 0 Å². The monoisotopic (exact) mass is 317 g/mol. The predicted molar refractivity (Wildman–Crippen MR) is 92.4 cm³/mol. The number of nitrogens with zero attached hydrogens (tertiary/aromatic N) is 1. The molecule has 3 heteroatoms. The second-order valence-electron chi connectivity index (χ2n) is 6.79. The second kappa shape index (κ2) is 5.86. The van der Waals surface area contributed by atoms with Crippen LogP contribution < -0.4 is 0 Å². The number of thiophene rings is 2. The van der Waals surface area contributed by atoms with Gasteiger partial charge in [-0.3, -0.25) is 0 Å². The van der Waals surface area contributed by atoms with Crippen LogP contribution >= 0.6 is 22.7 Å². The van der Waals surface area contributed by atoms with E-state index < -0.39 is 0 Å². The lowest BCUT2D eigenvalue weighted by Crippen LogP contribution is -2.40. The lowest BCUT2D eigenvalue weighted by molar-refractivity contribution is 0.127. The Hall–Kier alpha value is -0.640. The van der Waals surface area contributed by atoms with Gasteiger partial charge < -0.3 is 4.90 Å². The van der Waals surface area contributed by atoms with Crippen LogP contribution in [0.15, 0.2) is 33.7 Å². The molecule has 112 valence electrons. The number of piperidine rings is 1. The minimum absolute atomic E-state index is 0.621. The van der Waals surface area contributed by atoms with Crippen LogP contribution in [-0.4, -0.2) is 24.0 Å². The SMILES string of the molecule is CN1[C@@H]2CC[C@H]1C[C@@H](CC(c1ccsc1)c1ccsc1)C2. The van der Waals surface area contributed by atoms with Gasteiger partial charge in [0, 0.05) is 18.0 Å². The lowest BCUT2D eigenvalue weighted by atomic mass is 9.80. The van der Waals surface area contributed by atoms with Crippen molar-refractivity contribution in [1.29, 1.82) is 0 Å². The molecule has 2 aliphatic rings. The zero-order valence-corrected chi connectivity index (χ0v) is 14.2. The molecule has 0 saturated carbocycles. The normalized spacial score (nSPS) is 29.3. The van der Waals surface area contributed by atoms with Crippen molar-refractivity contribution in [2.75, 3.05) is 7.05 Å². The van der Waals surface area contributed by atoms with E-state index in [4.69, 9.17) is 0 Å². The van der Waals surface area contributed by atoms with Crippen LogP contribution in [0.1, 0.15) is 49.1 Å². The molecule has 1 nitrogen and oxygen atoms in total. The highest BCUT2D eigenvalue weighted by molar-refractivity contribution is 7.08. The van der Waals surface area contributed by atoms with E-state index >= 15 is 0 Å². The maximum absolute atomic E-state index is 2.65. The van der Waals surface area contributed by atoms with Gasteiger partial charge in [0.15, 0.2) is 0 Å². The Morgan fingerprint density at radius 3 is 2.10 bits per heavy atom. The molecule has 2 bridgehead atoms. The van der Waals surface area contributed by atoms with Crippen LogP contribution in [0.2, 0.25) is 0 Å². The highest BCUT2D eigenvalue weighted by atomic mass is 32.1. The summed E-state index contributed by atoms with van der Waals surface area (Å²) in [5, 5.41) is 9.16. The fourth-order valence-electron chi connectivity index (χ4n) is 4.46. The number of hydrogen-bond acceptors (Lipinski definition) is 3. The summed E-state index contributed by atoms with van der Waals surface area (Å²) < 4.78 is 0. The van der Waals surface area contributed by atoms with E-state index in [1.165, 1.54) is 43.2 Å². The van der Waals surface area contributed by atoms with Gasteiger partial charge in [-0.15, -0.1) is 0 Å². The van der Waals surface area contributed by atoms with Crippen LogP contribution in [0.4, 0.5) is 0 Å². The molecule has 0 aliphatic carbocycles. The number of rotatable bonds is 4. The first-order valence-corrected chi connectivity index (χ1v) is 9.96. The third kappa shape index (κ3) is 2.71. The summed E-state index contributed by atoms with van der Waals surface area (Å²) in [6, 6.07) is 6.38. The van der Waals surface area contributed by atoms with Crippen LogP contribution in [0.5, 0.6) is 0 Å². The lowest BCUT2D eigenvalue weighted by Gasteiger charge is -2.37. The maximum atomic E-state index is 2.65. The molecule has 2 saturated heterocycles. The standard InChI is InChI=1S/C18H23NS2/c1-19-16-2-3-17(19)9-13(8-16)10-18(14-4-6-20-11-14)15-5-7-21-12-15/h4-7,11-13,16-18H,2-3,8-10H2,1H3/t13-,16+,17-. The Morgan fingerprint density at radius 1 is 1.05 bits per heavy atom. The second-order valence-corrected chi connectivity index (χ2v) is 8.35. The van der Waals surface area contributed by atoms with Crippen LogP contribution in [0, 0.1) is 5.92 Å². The van der Waals surface area contributed by atoms with Crippen molar-refractivity contribution in [3.63, 3.8) is 0 Å². The Kier molecular flexibility index (Phi) is 3.91. The van der Waals surface area contributed by atoms with Gasteiger partial charge in [-0.2, -0.15) is 22.7 Å². The van der Waals surface area contributed by atoms with E-state index in [0.29, 0.717) is 5.92 Å². The third-order valence-electron chi connectivity index (χ3n) is 5.66. The van der Waals surface area contributed by atoms with Gasteiger partial charge >= 0.3 is 0 Å². The molecule has 0 amide bonds. The van der Waals surface area contributed by atoms with Gasteiger partial charge in [0.05, 0.1) is 0 Å². The molecule has 0 unspecified atom stereocenters. The molecule has 4 rings (SSSR count). The molecule has 3 atom stereocenters. The summed E-state index contributed by atoms with van der Waals surface area (Å²) >= 11 is 3.67. The van der Waals surface area contributed by atoms with E-state index in [1.54, 1.807) is 0 Å². The van der Waals surface area contributed by atoms with Crippen LogP contribution in [0.3, 0.4) is 0 Å². The highest BCUT2D eigenvalue weighted by Gasteiger charge is 2.39. The van der Waals surface area contributed by atoms with Crippen molar-refractivity contribution >= 4 is 22.7 Å². The highest BCUT2D eigenvalue weighted by Crippen LogP contribution is 2.43. The average molecular weight is 318 g/mol. The topological polar surface area (TPSA) is 3.24 Å². The molecule has 0 N–H and O–H groups in total. The smallest absolute Gasteiger partial charge is 0.0108 e. The largest absolute Gasteiger partial charge is 0.300 e. The number of hydrogen-bond donors (Lipinski definition) is 0.